The van der Waals surface area contributed by atoms with Crippen LogP contribution in [0.1, 0.15) is 36.8 Å². The van der Waals surface area contributed by atoms with Crippen LogP contribution in [0.5, 0.6) is 11.5 Å². The van der Waals surface area contributed by atoms with Crippen LogP contribution in [0, 0.1) is 5.41 Å². The van der Waals surface area contributed by atoms with Gasteiger partial charge >= 0.3 is 0 Å². The summed E-state index contributed by atoms with van der Waals surface area (Å²) in [6, 6.07) is 13.9. The minimum atomic E-state index is -0.130. The van der Waals surface area contributed by atoms with E-state index in [1.54, 1.807) is 42.5 Å². The van der Waals surface area contributed by atoms with E-state index < -0.39 is 0 Å². The van der Waals surface area contributed by atoms with Gasteiger partial charge in [-0.3, -0.25) is 4.79 Å². The highest BCUT2D eigenvalue weighted by molar-refractivity contribution is 6.32. The van der Waals surface area contributed by atoms with E-state index in [1.165, 1.54) is 0 Å². The summed E-state index contributed by atoms with van der Waals surface area (Å²) in [5.41, 5.74) is 9.06. The molecule has 38 heavy (non-hydrogen) atoms. The average molecular weight is 542 g/mol. The van der Waals surface area contributed by atoms with Gasteiger partial charge in [-0.05, 0) is 53.9 Å². The minimum absolute atomic E-state index is 0.00537. The van der Waals surface area contributed by atoms with Crippen molar-refractivity contribution in [2.24, 2.45) is 16.1 Å². The molecule has 0 aliphatic heterocycles. The van der Waals surface area contributed by atoms with Gasteiger partial charge in [0, 0.05) is 31.9 Å². The second-order valence-corrected chi connectivity index (χ2v) is 10.2. The minimum Gasteiger partial charge on any atom is -0.456 e. The molecule has 9 nitrogen and oxygen atoms in total. The molecular weight excluding hydrogens is 506 g/mol. The largest absolute Gasteiger partial charge is 0.456 e. The number of aromatic nitrogens is 1. The molecule has 0 atom stereocenters. The molecular formula is C28H36ClN5O4. The van der Waals surface area contributed by atoms with Gasteiger partial charge in [0.2, 0.25) is 0 Å². The lowest BCUT2D eigenvalue weighted by Gasteiger charge is -2.18. The Labute approximate surface area is 228 Å². The van der Waals surface area contributed by atoms with Gasteiger partial charge in [0.25, 0.3) is 5.91 Å². The number of aliphatic hydroxyl groups excluding tert-OH is 1. The molecule has 1 amide bonds. The predicted molar refractivity (Wildman–Crippen MR) is 152 cm³/mol. The van der Waals surface area contributed by atoms with Gasteiger partial charge < -0.3 is 35.5 Å². The molecule has 10 heteroatoms. The zero-order valence-electron chi connectivity index (χ0n) is 22.3. The van der Waals surface area contributed by atoms with Gasteiger partial charge in [-0.15, -0.1) is 0 Å². The number of carbonyl (C=O) groups excluding carboxylic acids is 1. The number of nitrogens with two attached hydrogens (primary N) is 1. The monoisotopic (exact) mass is 541 g/mol. The fraction of sp³-hybridized carbons (Fsp3) is 0.357. The number of rotatable bonds is 12. The molecule has 0 aliphatic rings. The Bertz CT molecular complexity index is 1250. The highest BCUT2D eigenvalue weighted by Crippen LogP contribution is 2.33. The summed E-state index contributed by atoms with van der Waals surface area (Å²) in [5, 5.41) is 15.3. The van der Waals surface area contributed by atoms with Crippen molar-refractivity contribution in [3.63, 3.8) is 0 Å². The van der Waals surface area contributed by atoms with Crippen molar-refractivity contribution >= 4 is 34.7 Å². The molecule has 0 bridgehead atoms. The van der Waals surface area contributed by atoms with Crippen LogP contribution in [0.25, 0.3) is 0 Å². The van der Waals surface area contributed by atoms with E-state index in [4.69, 9.17) is 31.9 Å². The van der Waals surface area contributed by atoms with Gasteiger partial charge in [-0.2, -0.15) is 0 Å². The Morgan fingerprint density at radius 3 is 2.50 bits per heavy atom. The maximum Gasteiger partial charge on any atom is 0.251 e. The Morgan fingerprint density at radius 2 is 1.87 bits per heavy atom. The van der Waals surface area contributed by atoms with Crippen molar-refractivity contribution in [3.8, 4) is 11.5 Å². The smallest absolute Gasteiger partial charge is 0.251 e. The lowest BCUT2D eigenvalue weighted by molar-refractivity contribution is 0.0870. The van der Waals surface area contributed by atoms with E-state index in [9.17, 15) is 4.79 Å². The number of anilines is 1. The number of halogens is 1. The van der Waals surface area contributed by atoms with Crippen molar-refractivity contribution in [1.29, 1.82) is 0 Å². The highest BCUT2D eigenvalue weighted by Gasteiger charge is 2.15. The summed E-state index contributed by atoms with van der Waals surface area (Å²) < 4.78 is 13.2. The van der Waals surface area contributed by atoms with Crippen LogP contribution >= 0.6 is 11.6 Å². The van der Waals surface area contributed by atoms with Gasteiger partial charge in [0.1, 0.15) is 23.0 Å². The summed E-state index contributed by atoms with van der Waals surface area (Å²) >= 11 is 6.49. The SMILES string of the molecule is CNc1ccn(CCOCCO)c1C(N)=Nc1ccc(Oc2ccc(C(=O)NCC(C)(C)C)cc2)c(Cl)c1. The number of hydrogen-bond donors (Lipinski definition) is 4. The first kappa shape index (κ1) is 29.0. The number of nitrogens with one attached hydrogen (secondary N) is 2. The van der Waals surface area contributed by atoms with E-state index >= 15 is 0 Å². The molecule has 5 N–H and O–H groups in total. The number of ether oxygens (including phenoxy) is 2. The van der Waals surface area contributed by atoms with Crippen LogP contribution in [0.4, 0.5) is 11.4 Å². The molecule has 0 fully saturated rings. The lowest BCUT2D eigenvalue weighted by Crippen LogP contribution is -2.32. The van der Waals surface area contributed by atoms with E-state index in [-0.39, 0.29) is 24.5 Å². The van der Waals surface area contributed by atoms with Crippen molar-refractivity contribution in [2.45, 2.75) is 27.3 Å². The van der Waals surface area contributed by atoms with Gasteiger partial charge in [0.05, 0.1) is 36.2 Å². The Morgan fingerprint density at radius 1 is 1.13 bits per heavy atom. The van der Waals surface area contributed by atoms with Crippen molar-refractivity contribution in [3.05, 3.63) is 71.0 Å². The zero-order valence-corrected chi connectivity index (χ0v) is 23.0. The van der Waals surface area contributed by atoms with Crippen LogP contribution in [-0.2, 0) is 11.3 Å². The quantitative estimate of drug-likeness (QED) is 0.148. The predicted octanol–water partition coefficient (Wildman–Crippen LogP) is 4.80. The van der Waals surface area contributed by atoms with E-state index in [0.717, 1.165) is 11.4 Å². The molecule has 3 aromatic rings. The van der Waals surface area contributed by atoms with E-state index in [2.05, 4.69) is 36.4 Å². The first-order valence-electron chi connectivity index (χ1n) is 12.4. The van der Waals surface area contributed by atoms with Crippen LogP contribution in [0.2, 0.25) is 5.02 Å². The van der Waals surface area contributed by atoms with Crippen LogP contribution in [0.3, 0.4) is 0 Å². The standard InChI is InChI=1S/C28H36ClN5O4/c1-28(2,3)18-32-27(36)19-5-8-21(9-6-19)38-24-10-7-20(17-22(24)29)33-26(30)25-23(31-4)11-12-34(25)13-15-37-16-14-35/h5-12,17,31,35H,13-16,18H2,1-4H3,(H2,30,33)(H,32,36). The summed E-state index contributed by atoms with van der Waals surface area (Å²) in [5.74, 6) is 1.19. The first-order valence-corrected chi connectivity index (χ1v) is 12.7. The van der Waals surface area contributed by atoms with Gasteiger partial charge in [0.15, 0.2) is 0 Å². The number of aliphatic hydroxyl groups is 1. The highest BCUT2D eigenvalue weighted by atomic mass is 35.5. The molecule has 0 radical (unpaired) electrons. The van der Waals surface area contributed by atoms with Crippen molar-refractivity contribution < 1.29 is 19.4 Å². The number of carbonyl (C=O) groups is 1. The third-order valence-corrected chi connectivity index (χ3v) is 5.77. The molecule has 0 aliphatic carbocycles. The molecule has 0 saturated carbocycles. The summed E-state index contributed by atoms with van der Waals surface area (Å²) in [6.45, 7) is 8.02. The second kappa shape index (κ2) is 13.3. The number of amides is 1. The third-order valence-electron chi connectivity index (χ3n) is 5.48. The lowest BCUT2D eigenvalue weighted by atomic mass is 9.97. The maximum atomic E-state index is 12.3. The topological polar surface area (TPSA) is 123 Å². The fourth-order valence-electron chi connectivity index (χ4n) is 3.56. The van der Waals surface area contributed by atoms with Crippen LogP contribution < -0.4 is 21.1 Å². The van der Waals surface area contributed by atoms with Crippen molar-refractivity contribution in [2.75, 3.05) is 38.7 Å². The molecule has 0 spiro atoms. The second-order valence-electron chi connectivity index (χ2n) is 9.84. The van der Waals surface area contributed by atoms with Gasteiger partial charge in [-0.1, -0.05) is 32.4 Å². The molecule has 204 valence electrons. The van der Waals surface area contributed by atoms with E-state index in [1.807, 2.05) is 23.9 Å². The Kier molecular flexibility index (Phi) is 10.2. The van der Waals surface area contributed by atoms with Gasteiger partial charge in [-0.25, -0.2) is 4.99 Å². The number of benzene rings is 2. The molecule has 0 unspecified atom stereocenters. The molecule has 0 saturated heterocycles. The number of nitrogens with zero attached hydrogens (tertiary/aromatic N) is 2. The number of amidine groups is 1. The summed E-state index contributed by atoms with van der Waals surface area (Å²) in [4.78, 5) is 16.9. The summed E-state index contributed by atoms with van der Waals surface area (Å²) in [6.07, 6.45) is 1.90. The van der Waals surface area contributed by atoms with Crippen LogP contribution in [-0.4, -0.2) is 54.8 Å². The zero-order chi connectivity index (χ0) is 27.7. The Balaban J connectivity index is 1.70. The molecule has 1 aromatic heterocycles. The van der Waals surface area contributed by atoms with Crippen LogP contribution in [0.15, 0.2) is 59.7 Å². The first-order chi connectivity index (χ1) is 18.1. The molecule has 2 aromatic carbocycles. The number of aliphatic imine (C=N–C) groups is 1. The van der Waals surface area contributed by atoms with Crippen molar-refractivity contribution in [1.82, 2.24) is 9.88 Å². The van der Waals surface area contributed by atoms with E-state index in [0.29, 0.717) is 53.3 Å². The maximum absolute atomic E-state index is 12.3. The summed E-state index contributed by atoms with van der Waals surface area (Å²) in [7, 11) is 1.81. The Hall–Kier alpha value is -3.53. The molecule has 3 rings (SSSR count). The molecule has 1 heterocycles. The third kappa shape index (κ3) is 8.24. The normalized spacial score (nSPS) is 11.9. The average Bonchev–Trinajstić information content (AvgIpc) is 3.30. The number of hydrogen-bond acceptors (Lipinski definition) is 6. The fourth-order valence-corrected chi connectivity index (χ4v) is 3.77.